The Morgan fingerprint density at radius 1 is 1.25 bits per heavy atom. The quantitative estimate of drug-likeness (QED) is 0.907. The summed E-state index contributed by atoms with van der Waals surface area (Å²) < 4.78 is 19.0. The molecule has 0 aromatic heterocycles. The van der Waals surface area contributed by atoms with E-state index in [2.05, 4.69) is 0 Å². The number of hydrogen-bond acceptors (Lipinski definition) is 2. The van der Waals surface area contributed by atoms with Gasteiger partial charge >= 0.3 is 0 Å². The van der Waals surface area contributed by atoms with Crippen LogP contribution < -0.4 is 10.5 Å². The normalized spacial score (nSPS) is 12.2. The largest absolute Gasteiger partial charge is 0.488 e. The summed E-state index contributed by atoms with van der Waals surface area (Å²) in [6, 6.07) is 9.89. The summed E-state index contributed by atoms with van der Waals surface area (Å²) in [5.41, 5.74) is 8.57. The lowest BCUT2D eigenvalue weighted by molar-refractivity contribution is 0.300. The Balaban J connectivity index is 2.20. The summed E-state index contributed by atoms with van der Waals surface area (Å²) in [6.07, 6.45) is 0. The zero-order valence-electron chi connectivity index (χ0n) is 11.5. The van der Waals surface area contributed by atoms with Crippen molar-refractivity contribution in [3.05, 3.63) is 63.9 Å². The van der Waals surface area contributed by atoms with E-state index in [1.54, 1.807) is 6.07 Å². The number of halogens is 2. The third-order valence-corrected chi connectivity index (χ3v) is 3.41. The molecule has 0 heterocycles. The molecule has 0 saturated carbocycles. The lowest BCUT2D eigenvalue weighted by Gasteiger charge is -2.15. The molecule has 2 aromatic rings. The van der Waals surface area contributed by atoms with Crippen LogP contribution in [0.4, 0.5) is 4.39 Å². The fourth-order valence-electron chi connectivity index (χ4n) is 1.93. The molecule has 0 bridgehead atoms. The molecule has 2 N–H and O–H groups in total. The topological polar surface area (TPSA) is 35.2 Å². The van der Waals surface area contributed by atoms with Crippen LogP contribution in [-0.4, -0.2) is 0 Å². The van der Waals surface area contributed by atoms with Gasteiger partial charge in [0, 0.05) is 28.3 Å². The Hall–Kier alpha value is -1.58. The van der Waals surface area contributed by atoms with Crippen molar-refractivity contribution in [2.24, 2.45) is 5.73 Å². The number of ether oxygens (including phenoxy) is 1. The Kier molecular flexibility index (Phi) is 4.63. The van der Waals surface area contributed by atoms with Gasteiger partial charge in [-0.3, -0.25) is 0 Å². The second-order valence-corrected chi connectivity index (χ2v) is 5.26. The fourth-order valence-corrected chi connectivity index (χ4v) is 2.22. The first-order valence-electron chi connectivity index (χ1n) is 6.40. The molecule has 20 heavy (non-hydrogen) atoms. The van der Waals surface area contributed by atoms with E-state index in [1.807, 2.05) is 32.0 Å². The van der Waals surface area contributed by atoms with Crippen LogP contribution in [0, 0.1) is 12.7 Å². The van der Waals surface area contributed by atoms with Crippen LogP contribution in [0.5, 0.6) is 5.75 Å². The van der Waals surface area contributed by atoms with Crippen LogP contribution in [0.3, 0.4) is 0 Å². The molecule has 4 heteroatoms. The van der Waals surface area contributed by atoms with Gasteiger partial charge in [-0.1, -0.05) is 29.8 Å². The number of nitrogens with two attached hydrogens (primary N) is 1. The first-order valence-corrected chi connectivity index (χ1v) is 6.78. The average molecular weight is 294 g/mol. The number of hydrogen-bond donors (Lipinski definition) is 1. The van der Waals surface area contributed by atoms with E-state index in [4.69, 9.17) is 22.1 Å². The van der Waals surface area contributed by atoms with Gasteiger partial charge in [-0.2, -0.15) is 0 Å². The molecule has 0 radical (unpaired) electrons. The maximum Gasteiger partial charge on any atom is 0.127 e. The average Bonchev–Trinajstić information content (AvgIpc) is 2.37. The minimum Gasteiger partial charge on any atom is -0.488 e. The molecule has 0 aliphatic rings. The van der Waals surface area contributed by atoms with Crippen molar-refractivity contribution in [2.45, 2.75) is 26.5 Å². The zero-order chi connectivity index (χ0) is 14.7. The summed E-state index contributed by atoms with van der Waals surface area (Å²) in [4.78, 5) is 0. The highest BCUT2D eigenvalue weighted by Gasteiger charge is 2.10. The highest BCUT2D eigenvalue weighted by atomic mass is 35.5. The molecule has 2 nitrogen and oxygen atoms in total. The molecule has 0 amide bonds. The van der Waals surface area contributed by atoms with Crippen LogP contribution in [0.1, 0.15) is 29.7 Å². The minimum absolute atomic E-state index is 0.223. The van der Waals surface area contributed by atoms with Crippen molar-refractivity contribution >= 4 is 11.6 Å². The number of rotatable bonds is 4. The third-order valence-electron chi connectivity index (χ3n) is 3.06. The second kappa shape index (κ2) is 6.25. The van der Waals surface area contributed by atoms with E-state index in [-0.39, 0.29) is 18.5 Å². The summed E-state index contributed by atoms with van der Waals surface area (Å²) in [5.74, 6) is 0.107. The van der Waals surface area contributed by atoms with Gasteiger partial charge in [-0.15, -0.1) is 0 Å². The maximum absolute atomic E-state index is 13.3. The molecule has 0 spiro atoms. The molecule has 0 saturated heterocycles. The SMILES string of the molecule is Cc1ccc(COc2cc(F)ccc2[C@H](C)N)c(Cl)c1. The molecule has 2 aromatic carbocycles. The molecule has 0 aliphatic carbocycles. The van der Waals surface area contributed by atoms with Gasteiger partial charge in [0.2, 0.25) is 0 Å². The Morgan fingerprint density at radius 3 is 2.65 bits per heavy atom. The highest BCUT2D eigenvalue weighted by Crippen LogP contribution is 2.27. The predicted octanol–water partition coefficient (Wildman–Crippen LogP) is 4.39. The molecule has 0 fully saturated rings. The molecule has 106 valence electrons. The highest BCUT2D eigenvalue weighted by molar-refractivity contribution is 6.31. The molecular formula is C16H17ClFNO. The Labute approximate surface area is 123 Å². The van der Waals surface area contributed by atoms with Gasteiger partial charge in [-0.25, -0.2) is 4.39 Å². The predicted molar refractivity (Wildman–Crippen MR) is 79.5 cm³/mol. The Bertz CT molecular complexity index is 613. The van der Waals surface area contributed by atoms with Crippen molar-refractivity contribution < 1.29 is 9.13 Å². The van der Waals surface area contributed by atoms with E-state index in [0.717, 1.165) is 16.7 Å². The molecule has 2 rings (SSSR count). The van der Waals surface area contributed by atoms with E-state index in [0.29, 0.717) is 10.8 Å². The Morgan fingerprint density at radius 2 is 2.00 bits per heavy atom. The summed E-state index contributed by atoms with van der Waals surface area (Å²) in [6.45, 7) is 4.08. The first kappa shape index (κ1) is 14.8. The van der Waals surface area contributed by atoms with Crippen molar-refractivity contribution in [1.29, 1.82) is 0 Å². The van der Waals surface area contributed by atoms with Crippen molar-refractivity contribution in [1.82, 2.24) is 0 Å². The maximum atomic E-state index is 13.3. The molecule has 0 unspecified atom stereocenters. The van der Waals surface area contributed by atoms with Gasteiger partial charge in [0.25, 0.3) is 0 Å². The van der Waals surface area contributed by atoms with Crippen molar-refractivity contribution in [2.75, 3.05) is 0 Å². The molecular weight excluding hydrogens is 277 g/mol. The monoisotopic (exact) mass is 293 g/mol. The van der Waals surface area contributed by atoms with Crippen LogP contribution in [-0.2, 0) is 6.61 Å². The van der Waals surface area contributed by atoms with E-state index in [9.17, 15) is 4.39 Å². The smallest absolute Gasteiger partial charge is 0.127 e. The van der Waals surface area contributed by atoms with Gasteiger partial charge in [0.1, 0.15) is 18.2 Å². The fraction of sp³-hybridized carbons (Fsp3) is 0.250. The summed E-state index contributed by atoms with van der Waals surface area (Å²) >= 11 is 6.15. The number of aryl methyl sites for hydroxylation is 1. The van der Waals surface area contributed by atoms with Crippen LogP contribution in [0.15, 0.2) is 36.4 Å². The van der Waals surface area contributed by atoms with Crippen LogP contribution >= 0.6 is 11.6 Å². The van der Waals surface area contributed by atoms with Gasteiger partial charge in [0.05, 0.1) is 0 Å². The summed E-state index contributed by atoms with van der Waals surface area (Å²) in [7, 11) is 0. The zero-order valence-corrected chi connectivity index (χ0v) is 12.2. The second-order valence-electron chi connectivity index (χ2n) is 4.85. The lowest BCUT2D eigenvalue weighted by atomic mass is 10.1. The van der Waals surface area contributed by atoms with E-state index >= 15 is 0 Å². The molecule has 1 atom stereocenters. The van der Waals surface area contributed by atoms with E-state index in [1.165, 1.54) is 12.1 Å². The standard InChI is InChI=1S/C16H17ClFNO/c1-10-3-4-12(15(17)7-10)9-20-16-8-13(18)5-6-14(16)11(2)19/h3-8,11H,9,19H2,1-2H3/t11-/m0/s1. The minimum atomic E-state index is -0.348. The van der Waals surface area contributed by atoms with Crippen molar-refractivity contribution in [3.8, 4) is 5.75 Å². The third kappa shape index (κ3) is 3.50. The van der Waals surface area contributed by atoms with E-state index < -0.39 is 0 Å². The van der Waals surface area contributed by atoms with Crippen LogP contribution in [0.25, 0.3) is 0 Å². The van der Waals surface area contributed by atoms with Crippen LogP contribution in [0.2, 0.25) is 5.02 Å². The lowest BCUT2D eigenvalue weighted by Crippen LogP contribution is -2.08. The number of benzene rings is 2. The van der Waals surface area contributed by atoms with Gasteiger partial charge in [0.15, 0.2) is 0 Å². The molecule has 0 aliphatic heterocycles. The van der Waals surface area contributed by atoms with Gasteiger partial charge in [-0.05, 0) is 31.5 Å². The first-order chi connectivity index (χ1) is 9.47. The van der Waals surface area contributed by atoms with Gasteiger partial charge < -0.3 is 10.5 Å². The van der Waals surface area contributed by atoms with Crippen molar-refractivity contribution in [3.63, 3.8) is 0 Å². The summed E-state index contributed by atoms with van der Waals surface area (Å²) in [5, 5.41) is 0.642.